The fraction of sp³-hybridized carbons (Fsp3) is 0.333. The largest absolute Gasteiger partial charge is 0.481 e. The molecule has 2 aliphatic heterocycles. The Labute approximate surface area is 224 Å². The first-order valence-electron chi connectivity index (χ1n) is 12.9. The number of rotatable bonds is 6. The molecule has 3 aromatic heterocycles. The van der Waals surface area contributed by atoms with Crippen LogP contribution in [0.25, 0.3) is 5.65 Å². The summed E-state index contributed by atoms with van der Waals surface area (Å²) in [5, 5.41) is 10.6. The number of hydrogen-bond donors (Lipinski definition) is 2. The molecule has 0 bridgehead atoms. The number of ether oxygens (including phenoxy) is 2. The molecule has 1 atom stereocenters. The molecule has 0 radical (unpaired) electrons. The average Bonchev–Trinajstić information content (AvgIpc) is 3.41. The van der Waals surface area contributed by atoms with Crippen molar-refractivity contribution >= 4 is 28.7 Å². The smallest absolute Gasteiger partial charge is 0.261 e. The van der Waals surface area contributed by atoms with Crippen LogP contribution >= 0.6 is 0 Å². The topological polar surface area (TPSA) is 109 Å². The fourth-order valence-corrected chi connectivity index (χ4v) is 5.04. The number of piperazine rings is 1. The van der Waals surface area contributed by atoms with Gasteiger partial charge in [0.2, 0.25) is 5.88 Å². The van der Waals surface area contributed by atoms with Crippen LogP contribution in [0.2, 0.25) is 0 Å². The van der Waals surface area contributed by atoms with Crippen molar-refractivity contribution in [2.75, 3.05) is 68.2 Å². The number of aromatic nitrogens is 4. The number of benzene rings is 1. The van der Waals surface area contributed by atoms with E-state index in [0.717, 1.165) is 38.1 Å². The summed E-state index contributed by atoms with van der Waals surface area (Å²) in [6, 6.07) is 10.7. The fourth-order valence-electron chi connectivity index (χ4n) is 5.04. The Bertz CT molecular complexity index is 1470. The number of halogens is 1. The van der Waals surface area contributed by atoms with Gasteiger partial charge in [0.25, 0.3) is 5.91 Å². The molecule has 2 aliphatic rings. The van der Waals surface area contributed by atoms with Crippen LogP contribution in [0.4, 0.5) is 21.6 Å². The van der Waals surface area contributed by atoms with E-state index in [0.29, 0.717) is 53.9 Å². The van der Waals surface area contributed by atoms with E-state index in [2.05, 4.69) is 25.6 Å². The first kappa shape index (κ1) is 25.0. The van der Waals surface area contributed by atoms with E-state index in [1.54, 1.807) is 10.7 Å². The third-order valence-corrected chi connectivity index (χ3v) is 7.03. The number of pyridine rings is 1. The summed E-state index contributed by atoms with van der Waals surface area (Å²) in [4.78, 5) is 26.4. The summed E-state index contributed by atoms with van der Waals surface area (Å²) in [6.45, 7) is 5.13. The Kier molecular flexibility index (Phi) is 6.95. The third kappa shape index (κ3) is 5.08. The van der Waals surface area contributed by atoms with Gasteiger partial charge in [-0.25, -0.2) is 18.9 Å². The minimum Gasteiger partial charge on any atom is -0.481 e. The van der Waals surface area contributed by atoms with Crippen molar-refractivity contribution in [3.63, 3.8) is 0 Å². The quantitative estimate of drug-likeness (QED) is 0.387. The van der Waals surface area contributed by atoms with Crippen LogP contribution in [-0.2, 0) is 4.74 Å². The molecule has 1 aromatic carbocycles. The molecule has 2 N–H and O–H groups in total. The molecule has 202 valence electrons. The number of carbonyl (C=O) groups is 1. The SMILES string of the molecule is COc1ncc(F)cc1C1COCCN1c1ccn2ncc(C(=O)Nc3ccc(N4CCNCC4)cc3)c2n1. The van der Waals surface area contributed by atoms with Crippen molar-refractivity contribution < 1.29 is 18.7 Å². The van der Waals surface area contributed by atoms with Crippen molar-refractivity contribution in [1.29, 1.82) is 0 Å². The number of carbonyl (C=O) groups excluding carboxylic acids is 1. The van der Waals surface area contributed by atoms with Crippen LogP contribution in [0.5, 0.6) is 5.88 Å². The number of fused-ring (bicyclic) bond motifs is 1. The lowest BCUT2D eigenvalue weighted by molar-refractivity contribution is 0.0926. The molecule has 4 aromatic rings. The van der Waals surface area contributed by atoms with Gasteiger partial charge in [0.1, 0.15) is 17.2 Å². The maximum atomic E-state index is 14.1. The molecule has 0 spiro atoms. The molecule has 12 heteroatoms. The molecule has 1 amide bonds. The van der Waals surface area contributed by atoms with Crippen LogP contribution < -0.4 is 25.2 Å². The molecular formula is C27H29FN8O3. The maximum Gasteiger partial charge on any atom is 0.261 e. The number of amides is 1. The average molecular weight is 533 g/mol. The van der Waals surface area contributed by atoms with Gasteiger partial charge >= 0.3 is 0 Å². The molecule has 6 rings (SSSR count). The number of nitrogens with one attached hydrogen (secondary N) is 2. The number of nitrogens with zero attached hydrogens (tertiary/aromatic N) is 6. The van der Waals surface area contributed by atoms with E-state index in [-0.39, 0.29) is 11.9 Å². The van der Waals surface area contributed by atoms with Crippen LogP contribution in [0.3, 0.4) is 0 Å². The van der Waals surface area contributed by atoms with E-state index in [9.17, 15) is 9.18 Å². The van der Waals surface area contributed by atoms with Crippen molar-refractivity contribution in [1.82, 2.24) is 24.9 Å². The monoisotopic (exact) mass is 532 g/mol. The number of methoxy groups -OCH3 is 1. The zero-order valence-corrected chi connectivity index (χ0v) is 21.5. The first-order chi connectivity index (χ1) is 19.1. The zero-order chi connectivity index (χ0) is 26.8. The van der Waals surface area contributed by atoms with Gasteiger partial charge in [-0.1, -0.05) is 0 Å². The Morgan fingerprint density at radius 2 is 1.97 bits per heavy atom. The zero-order valence-electron chi connectivity index (χ0n) is 21.5. The molecule has 2 saturated heterocycles. The van der Waals surface area contributed by atoms with E-state index in [4.69, 9.17) is 14.5 Å². The second kappa shape index (κ2) is 10.8. The second-order valence-electron chi connectivity index (χ2n) is 9.39. The number of anilines is 3. The summed E-state index contributed by atoms with van der Waals surface area (Å²) < 4.78 is 26.8. The van der Waals surface area contributed by atoms with Crippen molar-refractivity contribution in [3.05, 3.63) is 71.9 Å². The van der Waals surface area contributed by atoms with E-state index >= 15 is 0 Å². The number of hydrogen-bond acceptors (Lipinski definition) is 9. The Hall–Kier alpha value is -4.29. The minimum atomic E-state index is -0.463. The molecule has 39 heavy (non-hydrogen) atoms. The highest BCUT2D eigenvalue weighted by molar-refractivity contribution is 6.08. The second-order valence-corrected chi connectivity index (χ2v) is 9.39. The molecule has 0 aliphatic carbocycles. The van der Waals surface area contributed by atoms with Gasteiger partial charge in [-0.05, 0) is 36.4 Å². The predicted molar refractivity (Wildman–Crippen MR) is 144 cm³/mol. The summed E-state index contributed by atoms with van der Waals surface area (Å²) in [5.74, 6) is 0.164. The Balaban J connectivity index is 1.25. The number of morpholine rings is 1. The van der Waals surface area contributed by atoms with Crippen LogP contribution in [-0.4, -0.2) is 78.5 Å². The van der Waals surface area contributed by atoms with Crippen molar-refractivity contribution in [2.45, 2.75) is 6.04 Å². The molecular weight excluding hydrogens is 503 g/mol. The van der Waals surface area contributed by atoms with Gasteiger partial charge in [0, 0.05) is 55.9 Å². The standard InChI is InChI=1S/C27H29FN8O3/c1-38-27-21(14-18(28)15-30-27)23-17-39-13-12-35(23)24-6-9-36-25(33-24)22(16-31-36)26(37)32-19-2-4-20(5-3-19)34-10-7-29-8-11-34/h2-6,9,14-16,23,29H,7-8,10-13,17H2,1H3,(H,32,37). The molecule has 2 fully saturated rings. The molecule has 11 nitrogen and oxygen atoms in total. The lowest BCUT2D eigenvalue weighted by Crippen LogP contribution is -2.43. The highest BCUT2D eigenvalue weighted by Gasteiger charge is 2.30. The van der Waals surface area contributed by atoms with Gasteiger partial charge in [-0.2, -0.15) is 5.10 Å². The first-order valence-corrected chi connectivity index (χ1v) is 12.9. The van der Waals surface area contributed by atoms with Gasteiger partial charge in [-0.15, -0.1) is 0 Å². The van der Waals surface area contributed by atoms with Gasteiger partial charge in [-0.3, -0.25) is 4.79 Å². The van der Waals surface area contributed by atoms with E-state index in [1.807, 2.05) is 35.2 Å². The molecule has 0 saturated carbocycles. The summed E-state index contributed by atoms with van der Waals surface area (Å²) >= 11 is 0. The summed E-state index contributed by atoms with van der Waals surface area (Å²) in [5.41, 5.74) is 3.14. The normalized spacial score (nSPS) is 17.8. The molecule has 1 unspecified atom stereocenters. The lowest BCUT2D eigenvalue weighted by atomic mass is 10.1. The van der Waals surface area contributed by atoms with Crippen molar-refractivity contribution in [3.8, 4) is 5.88 Å². The van der Waals surface area contributed by atoms with Gasteiger partial charge in [0.05, 0.1) is 38.8 Å². The predicted octanol–water partition coefficient (Wildman–Crippen LogP) is 2.51. The third-order valence-electron chi connectivity index (χ3n) is 7.03. The summed E-state index contributed by atoms with van der Waals surface area (Å²) in [6.07, 6.45) is 4.38. The highest BCUT2D eigenvalue weighted by atomic mass is 19.1. The van der Waals surface area contributed by atoms with Crippen LogP contribution in [0.15, 0.2) is 55.0 Å². The van der Waals surface area contributed by atoms with Crippen LogP contribution in [0, 0.1) is 5.82 Å². The van der Waals surface area contributed by atoms with Gasteiger partial charge in [0.15, 0.2) is 5.65 Å². The van der Waals surface area contributed by atoms with E-state index < -0.39 is 5.82 Å². The maximum absolute atomic E-state index is 14.1. The van der Waals surface area contributed by atoms with E-state index in [1.165, 1.54) is 19.4 Å². The van der Waals surface area contributed by atoms with Crippen molar-refractivity contribution in [2.24, 2.45) is 0 Å². The van der Waals surface area contributed by atoms with Crippen LogP contribution in [0.1, 0.15) is 22.0 Å². The summed E-state index contributed by atoms with van der Waals surface area (Å²) in [7, 11) is 1.50. The minimum absolute atomic E-state index is 0.306. The van der Waals surface area contributed by atoms with Gasteiger partial charge < -0.3 is 29.9 Å². The lowest BCUT2D eigenvalue weighted by Gasteiger charge is -2.37. The Morgan fingerprint density at radius 1 is 1.15 bits per heavy atom. The molecule has 5 heterocycles. The highest BCUT2D eigenvalue weighted by Crippen LogP contribution is 2.33. The Morgan fingerprint density at radius 3 is 2.77 bits per heavy atom.